The van der Waals surface area contributed by atoms with Gasteiger partial charge in [0.25, 0.3) is 0 Å². The maximum Gasteiger partial charge on any atom is 0.176 e. The van der Waals surface area contributed by atoms with Crippen LogP contribution in [0.5, 0.6) is 0 Å². The highest BCUT2D eigenvalue weighted by molar-refractivity contribution is 7.10. The van der Waals surface area contributed by atoms with Gasteiger partial charge in [-0.2, -0.15) is 4.39 Å². The summed E-state index contributed by atoms with van der Waals surface area (Å²) in [5, 5.41) is 2.76. The molecule has 0 saturated heterocycles. The fourth-order valence-electron chi connectivity index (χ4n) is 1.49. The van der Waals surface area contributed by atoms with Crippen molar-refractivity contribution in [3.05, 3.63) is 57.5 Å². The average Bonchev–Trinajstić information content (AvgIpc) is 2.63. The lowest BCUT2D eigenvalue weighted by Gasteiger charge is -2.03. The molecule has 0 spiro atoms. The number of hydrogen-bond donors (Lipinski definition) is 1. The minimum atomic E-state index is -0.594. The van der Waals surface area contributed by atoms with Gasteiger partial charge in [-0.15, -0.1) is 11.3 Å². The second-order valence-corrected chi connectivity index (χ2v) is 4.71. The van der Waals surface area contributed by atoms with E-state index in [1.54, 1.807) is 6.07 Å². The smallest absolute Gasteiger partial charge is 0.176 e. The number of nitrogens with one attached hydrogen (secondary N) is 1. The van der Waals surface area contributed by atoms with Gasteiger partial charge in [-0.05, 0) is 29.8 Å². The lowest BCUT2D eigenvalue weighted by Crippen LogP contribution is -2.12. The van der Waals surface area contributed by atoms with Crippen LogP contribution in [-0.2, 0) is 13.1 Å². The number of rotatable bonds is 4. The summed E-state index contributed by atoms with van der Waals surface area (Å²) in [5.41, 5.74) is 0.527. The Balaban J connectivity index is 1.89. The van der Waals surface area contributed by atoms with Crippen molar-refractivity contribution in [2.24, 2.45) is 0 Å². The number of thiophene rings is 1. The zero-order chi connectivity index (χ0) is 12.3. The summed E-state index contributed by atoms with van der Waals surface area (Å²) in [6, 6.07) is 6.44. The van der Waals surface area contributed by atoms with Crippen LogP contribution in [0.15, 0.2) is 30.3 Å². The molecule has 1 aromatic carbocycles. The molecule has 0 fully saturated rings. The van der Waals surface area contributed by atoms with E-state index in [0.717, 1.165) is 22.3 Å². The molecule has 0 unspecified atom stereocenters. The zero-order valence-electron chi connectivity index (χ0n) is 8.84. The van der Waals surface area contributed by atoms with Crippen molar-refractivity contribution in [1.29, 1.82) is 0 Å². The van der Waals surface area contributed by atoms with Gasteiger partial charge in [0.2, 0.25) is 0 Å². The summed E-state index contributed by atoms with van der Waals surface area (Å²) in [6.07, 6.45) is 0. The first-order valence-electron chi connectivity index (χ1n) is 5.03. The van der Waals surface area contributed by atoms with Crippen LogP contribution in [0, 0.1) is 16.8 Å². The van der Waals surface area contributed by atoms with E-state index in [2.05, 4.69) is 5.32 Å². The van der Waals surface area contributed by atoms with Crippen LogP contribution in [0.2, 0.25) is 0 Å². The van der Waals surface area contributed by atoms with Crippen LogP contribution in [0.3, 0.4) is 0 Å². The zero-order valence-corrected chi connectivity index (χ0v) is 9.66. The van der Waals surface area contributed by atoms with E-state index in [1.807, 2.05) is 0 Å². The van der Waals surface area contributed by atoms with Gasteiger partial charge >= 0.3 is 0 Å². The first kappa shape index (κ1) is 12.1. The van der Waals surface area contributed by atoms with Crippen molar-refractivity contribution >= 4 is 11.3 Å². The molecule has 1 N–H and O–H groups in total. The van der Waals surface area contributed by atoms with E-state index in [4.69, 9.17) is 0 Å². The third-order valence-corrected chi connectivity index (χ3v) is 3.05. The van der Waals surface area contributed by atoms with Gasteiger partial charge in [0.1, 0.15) is 11.6 Å². The maximum absolute atomic E-state index is 12.9. The first-order chi connectivity index (χ1) is 8.13. The highest BCUT2D eigenvalue weighted by atomic mass is 32.1. The minimum Gasteiger partial charge on any atom is -0.308 e. The van der Waals surface area contributed by atoms with Crippen molar-refractivity contribution in [2.45, 2.75) is 13.1 Å². The van der Waals surface area contributed by atoms with E-state index in [9.17, 15) is 13.2 Å². The summed E-state index contributed by atoms with van der Waals surface area (Å²) >= 11 is 1.05. The molecular weight excluding hydrogens is 247 g/mol. The van der Waals surface area contributed by atoms with Crippen molar-refractivity contribution in [2.75, 3.05) is 0 Å². The molecule has 90 valence electrons. The second-order valence-electron chi connectivity index (χ2n) is 3.59. The molecule has 0 saturated carbocycles. The Morgan fingerprint density at radius 2 is 1.65 bits per heavy atom. The van der Waals surface area contributed by atoms with Crippen LogP contribution >= 0.6 is 11.3 Å². The van der Waals surface area contributed by atoms with Crippen LogP contribution in [0.1, 0.15) is 10.4 Å². The Morgan fingerprint density at radius 1 is 0.941 bits per heavy atom. The monoisotopic (exact) mass is 257 g/mol. The van der Waals surface area contributed by atoms with Gasteiger partial charge in [-0.25, -0.2) is 8.78 Å². The van der Waals surface area contributed by atoms with E-state index < -0.39 is 11.6 Å². The number of hydrogen-bond acceptors (Lipinski definition) is 2. The summed E-state index contributed by atoms with van der Waals surface area (Å²) < 4.78 is 38.4. The average molecular weight is 257 g/mol. The standard InChI is InChI=1S/C12H10F3NS/c13-9-3-8(4-10(14)5-9)6-16-7-11-1-2-12(15)17-11/h1-5,16H,6-7H2. The predicted octanol–water partition coefficient (Wildman–Crippen LogP) is 3.46. The molecule has 2 rings (SSSR count). The summed E-state index contributed by atoms with van der Waals surface area (Å²) in [4.78, 5) is 0.847. The van der Waals surface area contributed by atoms with Gasteiger partial charge in [-0.3, -0.25) is 0 Å². The summed E-state index contributed by atoms with van der Waals surface area (Å²) in [5.74, 6) is -1.19. The van der Waals surface area contributed by atoms with Crippen LogP contribution in [0.25, 0.3) is 0 Å². The predicted molar refractivity (Wildman–Crippen MR) is 61.2 cm³/mol. The van der Waals surface area contributed by atoms with Gasteiger partial charge in [0.05, 0.1) is 0 Å². The van der Waals surface area contributed by atoms with Crippen LogP contribution in [-0.4, -0.2) is 0 Å². The SMILES string of the molecule is Fc1cc(F)cc(CNCc2ccc(F)s2)c1. The Hall–Kier alpha value is -1.33. The van der Waals surface area contributed by atoms with Crippen LogP contribution < -0.4 is 5.32 Å². The van der Waals surface area contributed by atoms with Crippen molar-refractivity contribution in [3.63, 3.8) is 0 Å². The molecule has 0 aliphatic rings. The maximum atomic E-state index is 12.9. The van der Waals surface area contributed by atoms with E-state index >= 15 is 0 Å². The number of benzene rings is 1. The molecule has 1 aromatic heterocycles. The normalized spacial score (nSPS) is 10.8. The van der Waals surface area contributed by atoms with Gasteiger partial charge in [-0.1, -0.05) is 0 Å². The Labute approximate surface area is 101 Å². The Morgan fingerprint density at radius 3 is 2.24 bits per heavy atom. The molecule has 1 nitrogen and oxygen atoms in total. The molecule has 0 atom stereocenters. The Bertz CT molecular complexity index is 490. The molecule has 0 bridgehead atoms. The topological polar surface area (TPSA) is 12.0 Å². The fraction of sp³-hybridized carbons (Fsp3) is 0.167. The van der Waals surface area contributed by atoms with E-state index in [0.29, 0.717) is 18.7 Å². The van der Waals surface area contributed by atoms with Crippen molar-refractivity contribution in [1.82, 2.24) is 5.32 Å². The van der Waals surface area contributed by atoms with Crippen LogP contribution in [0.4, 0.5) is 13.2 Å². The van der Waals surface area contributed by atoms with E-state index in [1.165, 1.54) is 18.2 Å². The second kappa shape index (κ2) is 5.33. The quantitative estimate of drug-likeness (QED) is 0.884. The molecular formula is C12H10F3NS. The highest BCUT2D eigenvalue weighted by Crippen LogP contribution is 2.14. The molecule has 1 heterocycles. The molecule has 0 radical (unpaired) electrons. The van der Waals surface area contributed by atoms with Crippen molar-refractivity contribution in [3.8, 4) is 0 Å². The lowest BCUT2D eigenvalue weighted by molar-refractivity contribution is 0.575. The van der Waals surface area contributed by atoms with Crippen molar-refractivity contribution < 1.29 is 13.2 Å². The third-order valence-electron chi connectivity index (χ3n) is 2.18. The molecule has 2 aromatic rings. The lowest BCUT2D eigenvalue weighted by atomic mass is 10.2. The third kappa shape index (κ3) is 3.57. The molecule has 0 amide bonds. The molecule has 0 aliphatic heterocycles. The van der Waals surface area contributed by atoms with E-state index in [-0.39, 0.29) is 5.13 Å². The van der Waals surface area contributed by atoms with Gasteiger partial charge in [0.15, 0.2) is 5.13 Å². The summed E-state index contributed by atoms with van der Waals surface area (Å²) in [7, 11) is 0. The Kier molecular flexibility index (Phi) is 3.81. The molecule has 0 aliphatic carbocycles. The fourth-order valence-corrected chi connectivity index (χ4v) is 2.19. The minimum absolute atomic E-state index is 0.237. The number of halogens is 3. The largest absolute Gasteiger partial charge is 0.308 e. The highest BCUT2D eigenvalue weighted by Gasteiger charge is 2.02. The van der Waals surface area contributed by atoms with Gasteiger partial charge < -0.3 is 5.32 Å². The summed E-state index contributed by atoms with van der Waals surface area (Å²) in [6.45, 7) is 0.820. The molecule has 5 heteroatoms. The first-order valence-corrected chi connectivity index (χ1v) is 5.85. The molecule has 17 heavy (non-hydrogen) atoms. The van der Waals surface area contributed by atoms with Gasteiger partial charge in [0, 0.05) is 24.0 Å².